The maximum Gasteiger partial charge on any atom is 0.331 e. The highest BCUT2D eigenvalue weighted by molar-refractivity contribution is 5.92. The van der Waals surface area contributed by atoms with E-state index in [2.05, 4.69) is 0 Å². The molecule has 6 heteroatoms. The minimum Gasteiger partial charge on any atom is -0.496 e. The Hall–Kier alpha value is -3.67. The molecule has 0 amide bonds. The molecule has 158 valence electrons. The predicted molar refractivity (Wildman–Crippen MR) is 118 cm³/mol. The van der Waals surface area contributed by atoms with E-state index in [0.29, 0.717) is 24.3 Å². The molecule has 0 spiro atoms. The Kier molecular flexibility index (Phi) is 6.26. The fourth-order valence-corrected chi connectivity index (χ4v) is 3.68. The predicted octanol–water partition coefficient (Wildman–Crippen LogP) is 4.62. The van der Waals surface area contributed by atoms with Crippen molar-refractivity contribution in [2.24, 2.45) is 0 Å². The van der Waals surface area contributed by atoms with E-state index >= 15 is 0 Å². The Labute approximate surface area is 181 Å². The standard InChI is InChI=1S/C25H24N2O4/c1-30-22-13-7-5-11-20(22)25-18(17-27(26-25)19-9-3-2-4-10-19)15-16-24(29)31-23-14-8-6-12-21(23)28/h2-5,7,9-11,13,15-17,23H,6,8,12,14H2,1H3/b16-15+/t23-/m1/s1. The van der Waals surface area contributed by atoms with E-state index in [4.69, 9.17) is 14.6 Å². The molecule has 1 fully saturated rings. The number of benzene rings is 2. The molecular formula is C25H24N2O4. The summed E-state index contributed by atoms with van der Waals surface area (Å²) < 4.78 is 12.6. The highest BCUT2D eigenvalue weighted by atomic mass is 16.5. The Balaban J connectivity index is 1.65. The van der Waals surface area contributed by atoms with Gasteiger partial charge in [-0.25, -0.2) is 9.48 Å². The van der Waals surface area contributed by atoms with Gasteiger partial charge in [-0.2, -0.15) is 5.10 Å². The van der Waals surface area contributed by atoms with Crippen molar-refractivity contribution in [2.75, 3.05) is 7.11 Å². The molecule has 1 heterocycles. The highest BCUT2D eigenvalue weighted by Gasteiger charge is 2.25. The third-order valence-electron chi connectivity index (χ3n) is 5.28. The van der Waals surface area contributed by atoms with E-state index in [1.807, 2.05) is 60.8 Å². The van der Waals surface area contributed by atoms with E-state index in [0.717, 1.165) is 29.7 Å². The van der Waals surface area contributed by atoms with Crippen molar-refractivity contribution in [1.29, 1.82) is 0 Å². The van der Waals surface area contributed by atoms with Crippen molar-refractivity contribution in [3.05, 3.63) is 72.4 Å². The van der Waals surface area contributed by atoms with Crippen LogP contribution in [-0.4, -0.2) is 34.7 Å². The van der Waals surface area contributed by atoms with Gasteiger partial charge in [0, 0.05) is 29.8 Å². The van der Waals surface area contributed by atoms with Crippen LogP contribution in [-0.2, 0) is 14.3 Å². The summed E-state index contributed by atoms with van der Waals surface area (Å²) in [5, 5.41) is 4.74. The largest absolute Gasteiger partial charge is 0.496 e. The minimum atomic E-state index is -0.633. The first-order valence-corrected chi connectivity index (χ1v) is 10.4. The average molecular weight is 416 g/mol. The summed E-state index contributed by atoms with van der Waals surface area (Å²) in [7, 11) is 1.61. The molecule has 1 aliphatic carbocycles. The van der Waals surface area contributed by atoms with Crippen molar-refractivity contribution < 1.29 is 19.1 Å². The number of hydrogen-bond donors (Lipinski definition) is 0. The number of aromatic nitrogens is 2. The van der Waals surface area contributed by atoms with Gasteiger partial charge in [0.05, 0.1) is 12.8 Å². The van der Waals surface area contributed by atoms with Crippen LogP contribution in [0.2, 0.25) is 0 Å². The second-order valence-corrected chi connectivity index (χ2v) is 7.38. The zero-order valence-electron chi connectivity index (χ0n) is 17.4. The second kappa shape index (κ2) is 9.43. The van der Waals surface area contributed by atoms with Gasteiger partial charge in [0.1, 0.15) is 11.4 Å². The third-order valence-corrected chi connectivity index (χ3v) is 5.28. The van der Waals surface area contributed by atoms with Crippen LogP contribution in [0, 0.1) is 0 Å². The maximum atomic E-state index is 12.4. The molecule has 0 unspecified atom stereocenters. The Morgan fingerprint density at radius 2 is 1.87 bits per heavy atom. The van der Waals surface area contributed by atoms with E-state index in [9.17, 15) is 9.59 Å². The molecule has 1 saturated carbocycles. The van der Waals surface area contributed by atoms with Gasteiger partial charge < -0.3 is 9.47 Å². The number of carbonyl (C=O) groups is 2. The van der Waals surface area contributed by atoms with Crippen LogP contribution in [0.25, 0.3) is 23.0 Å². The van der Waals surface area contributed by atoms with Crippen LogP contribution in [0.4, 0.5) is 0 Å². The van der Waals surface area contributed by atoms with E-state index in [1.54, 1.807) is 17.9 Å². The summed E-state index contributed by atoms with van der Waals surface area (Å²) in [4.78, 5) is 24.3. The topological polar surface area (TPSA) is 70.4 Å². The zero-order chi connectivity index (χ0) is 21.6. The fourth-order valence-electron chi connectivity index (χ4n) is 3.68. The van der Waals surface area contributed by atoms with Gasteiger partial charge in [-0.3, -0.25) is 4.79 Å². The summed E-state index contributed by atoms with van der Waals surface area (Å²) in [5.74, 6) is 0.157. The highest BCUT2D eigenvalue weighted by Crippen LogP contribution is 2.32. The van der Waals surface area contributed by atoms with Crippen LogP contribution in [0.5, 0.6) is 5.75 Å². The first-order valence-electron chi connectivity index (χ1n) is 10.4. The SMILES string of the molecule is COc1ccccc1-c1nn(-c2ccccc2)cc1/C=C/C(=O)O[C@@H]1CCCCC1=O. The number of nitrogens with zero attached hydrogens (tertiary/aromatic N) is 2. The quantitative estimate of drug-likeness (QED) is 0.433. The van der Waals surface area contributed by atoms with Crippen LogP contribution < -0.4 is 4.74 Å². The molecule has 0 N–H and O–H groups in total. The average Bonchev–Trinajstić information content (AvgIpc) is 3.24. The van der Waals surface area contributed by atoms with Crippen LogP contribution in [0.3, 0.4) is 0 Å². The summed E-state index contributed by atoms with van der Waals surface area (Å²) in [6, 6.07) is 17.3. The summed E-state index contributed by atoms with van der Waals surface area (Å²) >= 11 is 0. The molecule has 2 aromatic carbocycles. The monoisotopic (exact) mass is 416 g/mol. The van der Waals surface area contributed by atoms with Crippen molar-refractivity contribution in [3.8, 4) is 22.7 Å². The van der Waals surface area contributed by atoms with Gasteiger partial charge >= 0.3 is 5.97 Å². The maximum absolute atomic E-state index is 12.4. The van der Waals surface area contributed by atoms with Gasteiger partial charge in [0.2, 0.25) is 0 Å². The number of para-hydroxylation sites is 2. The molecule has 0 saturated heterocycles. The number of hydrogen-bond acceptors (Lipinski definition) is 5. The van der Waals surface area contributed by atoms with Crippen molar-refractivity contribution >= 4 is 17.8 Å². The second-order valence-electron chi connectivity index (χ2n) is 7.38. The molecule has 1 aromatic heterocycles. The molecule has 3 aromatic rings. The lowest BCUT2D eigenvalue weighted by Crippen LogP contribution is -2.29. The molecule has 1 aliphatic rings. The molecule has 0 radical (unpaired) electrons. The van der Waals surface area contributed by atoms with Crippen molar-refractivity contribution in [3.63, 3.8) is 0 Å². The van der Waals surface area contributed by atoms with Crippen molar-refractivity contribution in [2.45, 2.75) is 31.8 Å². The Morgan fingerprint density at radius 1 is 1.10 bits per heavy atom. The fraction of sp³-hybridized carbons (Fsp3) is 0.240. The zero-order valence-corrected chi connectivity index (χ0v) is 17.4. The van der Waals surface area contributed by atoms with Gasteiger partial charge in [-0.15, -0.1) is 0 Å². The van der Waals surface area contributed by atoms with Gasteiger partial charge in [0.15, 0.2) is 11.9 Å². The number of ketones is 1. The van der Waals surface area contributed by atoms with Crippen LogP contribution in [0.15, 0.2) is 66.9 Å². The first-order chi connectivity index (χ1) is 15.2. The lowest BCUT2D eigenvalue weighted by Gasteiger charge is -2.19. The molecular weight excluding hydrogens is 392 g/mol. The minimum absolute atomic E-state index is 0.000363. The first kappa shape index (κ1) is 20.6. The number of rotatable bonds is 6. The number of esters is 1. The Morgan fingerprint density at radius 3 is 2.65 bits per heavy atom. The number of ether oxygens (including phenoxy) is 2. The van der Waals surface area contributed by atoms with Crippen molar-refractivity contribution in [1.82, 2.24) is 9.78 Å². The summed E-state index contributed by atoms with van der Waals surface area (Å²) in [6.07, 6.45) is 7.08. The lowest BCUT2D eigenvalue weighted by atomic mass is 9.96. The summed E-state index contributed by atoms with van der Waals surface area (Å²) in [5.41, 5.74) is 3.13. The van der Waals surface area contributed by atoms with Crippen LogP contribution >= 0.6 is 0 Å². The van der Waals surface area contributed by atoms with Gasteiger partial charge in [-0.1, -0.05) is 30.3 Å². The van der Waals surface area contributed by atoms with Gasteiger partial charge in [0.25, 0.3) is 0 Å². The smallest absolute Gasteiger partial charge is 0.331 e. The number of methoxy groups -OCH3 is 1. The van der Waals surface area contributed by atoms with E-state index in [-0.39, 0.29) is 5.78 Å². The lowest BCUT2D eigenvalue weighted by molar-refractivity contribution is -0.152. The van der Waals surface area contributed by atoms with Crippen LogP contribution in [0.1, 0.15) is 31.2 Å². The number of Topliss-reactive ketones (excluding diaryl/α,β-unsaturated/α-hetero) is 1. The third kappa shape index (κ3) is 4.74. The Bertz CT molecular complexity index is 1100. The molecule has 0 aliphatic heterocycles. The molecule has 0 bridgehead atoms. The van der Waals surface area contributed by atoms with Gasteiger partial charge in [-0.05, 0) is 49.6 Å². The molecule has 31 heavy (non-hydrogen) atoms. The number of carbonyl (C=O) groups excluding carboxylic acids is 2. The normalized spacial score (nSPS) is 16.4. The molecule has 1 atom stereocenters. The summed E-state index contributed by atoms with van der Waals surface area (Å²) in [6.45, 7) is 0. The van der Waals surface area contributed by atoms with E-state index in [1.165, 1.54) is 6.08 Å². The van der Waals surface area contributed by atoms with E-state index < -0.39 is 12.1 Å². The molecule has 4 rings (SSSR count). The molecule has 6 nitrogen and oxygen atoms in total.